The van der Waals surface area contributed by atoms with E-state index in [0.29, 0.717) is 34.6 Å². The van der Waals surface area contributed by atoms with Crippen LogP contribution in [0.25, 0.3) is 0 Å². The van der Waals surface area contributed by atoms with E-state index in [0.717, 1.165) is 25.2 Å². The first kappa shape index (κ1) is 32.6. The lowest BCUT2D eigenvalue weighted by Gasteiger charge is -2.49. The third-order valence-corrected chi connectivity index (χ3v) is 9.17. The van der Waals surface area contributed by atoms with E-state index in [2.05, 4.69) is 10.2 Å². The zero-order valence-electron chi connectivity index (χ0n) is 24.7. The van der Waals surface area contributed by atoms with Crippen molar-refractivity contribution < 1.29 is 36.8 Å². The minimum atomic E-state index is -3.61. The summed E-state index contributed by atoms with van der Waals surface area (Å²) in [4.78, 5) is 47.4. The van der Waals surface area contributed by atoms with Crippen molar-refractivity contribution >= 4 is 39.4 Å². The predicted molar refractivity (Wildman–Crippen MR) is 164 cm³/mol. The van der Waals surface area contributed by atoms with Crippen molar-refractivity contribution in [2.45, 2.75) is 56.3 Å². The van der Waals surface area contributed by atoms with Gasteiger partial charge in [0.1, 0.15) is 12.4 Å². The summed E-state index contributed by atoms with van der Waals surface area (Å²) in [6, 6.07) is 15.2. The Morgan fingerprint density at radius 2 is 1.76 bits per heavy atom. The van der Waals surface area contributed by atoms with Crippen LogP contribution in [0.15, 0.2) is 66.7 Å². The van der Waals surface area contributed by atoms with Gasteiger partial charge in [-0.15, -0.1) is 0 Å². The molecule has 3 aromatic carbocycles. The van der Waals surface area contributed by atoms with Crippen LogP contribution < -0.4 is 10.2 Å². The van der Waals surface area contributed by atoms with Gasteiger partial charge in [0, 0.05) is 28.2 Å². The fraction of sp³-hybridized carbons (Fsp3) is 0.344. The number of hydroxylamine groups is 1. The number of nitrogens with one attached hydrogen (secondary N) is 2. The van der Waals surface area contributed by atoms with Gasteiger partial charge in [0.05, 0.1) is 30.9 Å². The molecule has 2 aliphatic rings. The number of amides is 2. The second-order valence-electron chi connectivity index (χ2n) is 11.2. The van der Waals surface area contributed by atoms with E-state index in [1.54, 1.807) is 53.4 Å². The number of methoxy groups -OCH3 is 1. The molecule has 10 nitrogen and oxygen atoms in total. The Morgan fingerprint density at radius 3 is 2.47 bits per heavy atom. The van der Waals surface area contributed by atoms with Crippen LogP contribution in [0, 0.1) is 5.82 Å². The van der Waals surface area contributed by atoms with Gasteiger partial charge in [-0.25, -0.2) is 27.8 Å². The maximum Gasteiger partial charge on any atom is 0.337 e. The lowest BCUT2D eigenvalue weighted by Crippen LogP contribution is -2.59. The molecule has 0 aromatic heterocycles. The molecule has 0 saturated heterocycles. The molecule has 4 atom stereocenters. The lowest BCUT2D eigenvalue weighted by atomic mass is 9.76. The van der Waals surface area contributed by atoms with Gasteiger partial charge < -0.3 is 9.64 Å². The first-order chi connectivity index (χ1) is 21.5. The van der Waals surface area contributed by atoms with Crippen LogP contribution in [0.3, 0.4) is 0 Å². The molecular formula is C32H33ClFN3O7S. The van der Waals surface area contributed by atoms with Crippen LogP contribution >= 0.6 is 11.6 Å². The molecule has 2 amide bonds. The van der Waals surface area contributed by atoms with Crippen LogP contribution in [0.4, 0.5) is 4.39 Å². The van der Waals surface area contributed by atoms with Gasteiger partial charge in [-0.3, -0.25) is 14.4 Å². The number of hydrogen-bond acceptors (Lipinski definition) is 7. The first-order valence-electron chi connectivity index (χ1n) is 14.4. The van der Waals surface area contributed by atoms with Gasteiger partial charge in [0.25, 0.3) is 11.8 Å². The summed E-state index contributed by atoms with van der Waals surface area (Å²) in [6.45, 7) is -0.395. The summed E-state index contributed by atoms with van der Waals surface area (Å²) in [7, 11) is -2.40. The highest BCUT2D eigenvalue weighted by Gasteiger charge is 2.49. The Balaban J connectivity index is 1.53. The standard InChI is InChI=1S/C32H33ClFN3O7S/c1-43-32(40)20-13-16-25(34)21(17-20)18-44-35-30(38)28-23-7-3-4-8-24(23)31(39)37(29(28)19-11-14-22(33)15-12-19)27-10-6-5-9-26(27)36-45(2,41)42/h3-4,7-8,11-17,26-29,36H,5-6,9-10,18H2,1-2H3,(H,35,38)/t26-,27-,28+,29-/m0/s1. The number of fused-ring (bicyclic) bond motifs is 1. The molecular weight excluding hydrogens is 625 g/mol. The molecule has 13 heteroatoms. The number of ether oxygens (including phenoxy) is 1. The molecule has 238 valence electrons. The number of rotatable bonds is 9. The number of carbonyl (C=O) groups excluding carboxylic acids is 3. The van der Waals surface area contributed by atoms with Crippen molar-refractivity contribution in [1.82, 2.24) is 15.1 Å². The van der Waals surface area contributed by atoms with Crippen LogP contribution in [-0.2, 0) is 31.0 Å². The fourth-order valence-electron chi connectivity index (χ4n) is 6.25. The molecule has 1 heterocycles. The van der Waals surface area contributed by atoms with E-state index in [9.17, 15) is 27.2 Å². The minimum Gasteiger partial charge on any atom is -0.465 e. The Kier molecular flexibility index (Phi) is 9.88. The second kappa shape index (κ2) is 13.7. The molecule has 1 aliphatic carbocycles. The Labute approximate surface area is 265 Å². The molecule has 0 unspecified atom stereocenters. The Morgan fingerprint density at radius 1 is 1.04 bits per heavy atom. The average molecular weight is 658 g/mol. The number of benzene rings is 3. The summed E-state index contributed by atoms with van der Waals surface area (Å²) in [5.41, 5.74) is 3.95. The molecule has 0 spiro atoms. The summed E-state index contributed by atoms with van der Waals surface area (Å²) in [5, 5.41) is 0.461. The molecule has 45 heavy (non-hydrogen) atoms. The summed E-state index contributed by atoms with van der Waals surface area (Å²) in [5.74, 6) is -3.22. The molecule has 5 rings (SSSR count). The van der Waals surface area contributed by atoms with Gasteiger partial charge in [0.2, 0.25) is 10.0 Å². The molecule has 1 saturated carbocycles. The highest BCUT2D eigenvalue weighted by Crippen LogP contribution is 2.46. The third kappa shape index (κ3) is 7.19. The molecule has 3 aromatic rings. The largest absolute Gasteiger partial charge is 0.465 e. The van der Waals surface area contributed by atoms with Gasteiger partial charge in [0.15, 0.2) is 0 Å². The number of hydrogen-bond donors (Lipinski definition) is 2. The monoisotopic (exact) mass is 657 g/mol. The highest BCUT2D eigenvalue weighted by molar-refractivity contribution is 7.88. The third-order valence-electron chi connectivity index (χ3n) is 8.19. The smallest absolute Gasteiger partial charge is 0.337 e. The van der Waals surface area contributed by atoms with Gasteiger partial charge in [-0.05, 0) is 60.4 Å². The van der Waals surface area contributed by atoms with E-state index >= 15 is 0 Å². The molecule has 2 N–H and O–H groups in total. The SMILES string of the molecule is COC(=O)c1ccc(F)c(CONC(=O)[C@@H]2c3ccccc3C(=O)N([C@H]3CCCC[C@@H]3NS(C)(=O)=O)[C@H]2c2ccc(Cl)cc2)c1. The topological polar surface area (TPSA) is 131 Å². The number of nitrogens with zero attached hydrogens (tertiary/aromatic N) is 1. The maximum atomic E-state index is 14.5. The van der Waals surface area contributed by atoms with Crippen LogP contribution in [-0.4, -0.2) is 56.6 Å². The van der Waals surface area contributed by atoms with E-state index in [1.807, 2.05) is 0 Å². The summed E-state index contributed by atoms with van der Waals surface area (Å²) >= 11 is 6.20. The van der Waals surface area contributed by atoms with Crippen molar-refractivity contribution in [3.63, 3.8) is 0 Å². The van der Waals surface area contributed by atoms with Crippen molar-refractivity contribution in [2.75, 3.05) is 13.4 Å². The van der Waals surface area contributed by atoms with Crippen molar-refractivity contribution in [3.8, 4) is 0 Å². The lowest BCUT2D eigenvalue weighted by molar-refractivity contribution is -0.138. The van der Waals surface area contributed by atoms with Gasteiger partial charge in [-0.1, -0.05) is 54.8 Å². The molecule has 0 radical (unpaired) electrons. The highest BCUT2D eigenvalue weighted by atomic mass is 35.5. The number of halogens is 2. The second-order valence-corrected chi connectivity index (χ2v) is 13.4. The number of carbonyl (C=O) groups is 3. The van der Waals surface area contributed by atoms with Crippen molar-refractivity contribution in [3.05, 3.63) is 105 Å². The fourth-order valence-corrected chi connectivity index (χ4v) is 7.20. The first-order valence-corrected chi connectivity index (χ1v) is 16.7. The van der Waals surface area contributed by atoms with E-state index in [-0.39, 0.29) is 17.0 Å². The van der Waals surface area contributed by atoms with E-state index in [4.69, 9.17) is 21.2 Å². The average Bonchev–Trinajstić information content (AvgIpc) is 3.01. The van der Waals surface area contributed by atoms with Crippen molar-refractivity contribution in [1.29, 1.82) is 0 Å². The summed E-state index contributed by atoms with van der Waals surface area (Å²) < 4.78 is 46.6. The number of esters is 1. The normalized spacial score (nSPS) is 21.6. The van der Waals surface area contributed by atoms with Crippen LogP contribution in [0.2, 0.25) is 5.02 Å². The zero-order valence-corrected chi connectivity index (χ0v) is 26.2. The number of sulfonamides is 1. The van der Waals surface area contributed by atoms with E-state index in [1.165, 1.54) is 19.2 Å². The molecule has 1 fully saturated rings. The predicted octanol–water partition coefficient (Wildman–Crippen LogP) is 4.65. The quantitative estimate of drug-likeness (QED) is 0.253. The van der Waals surface area contributed by atoms with Crippen LogP contribution in [0.5, 0.6) is 0 Å². The Hall–Kier alpha value is -3.84. The maximum absolute atomic E-state index is 14.5. The minimum absolute atomic E-state index is 0.0187. The van der Waals surface area contributed by atoms with E-state index < -0.39 is 58.4 Å². The zero-order chi connectivity index (χ0) is 32.3. The Bertz CT molecular complexity index is 1700. The van der Waals surface area contributed by atoms with Gasteiger partial charge >= 0.3 is 5.97 Å². The molecule has 1 aliphatic heterocycles. The summed E-state index contributed by atoms with van der Waals surface area (Å²) in [6.07, 6.45) is 3.67. The van der Waals surface area contributed by atoms with Crippen molar-refractivity contribution in [2.24, 2.45) is 0 Å². The van der Waals surface area contributed by atoms with Crippen LogP contribution in [0.1, 0.15) is 75.0 Å². The molecule has 0 bridgehead atoms. The van der Waals surface area contributed by atoms with Gasteiger partial charge in [-0.2, -0.15) is 0 Å².